The maximum atomic E-state index is 12.3. The van der Waals surface area contributed by atoms with Crippen molar-refractivity contribution in [2.75, 3.05) is 17.3 Å². The van der Waals surface area contributed by atoms with Crippen molar-refractivity contribution in [3.05, 3.63) is 54.1 Å². The molecule has 0 unspecified atom stereocenters. The minimum absolute atomic E-state index is 0.150. The van der Waals surface area contributed by atoms with Gasteiger partial charge in [-0.1, -0.05) is 18.2 Å². The molecule has 0 atom stereocenters. The Labute approximate surface area is 133 Å². The molecule has 4 rings (SSSR count). The summed E-state index contributed by atoms with van der Waals surface area (Å²) in [4.78, 5) is 26.0. The molecule has 1 N–H and O–H groups in total. The zero-order valence-corrected chi connectivity index (χ0v) is 12.7. The van der Waals surface area contributed by atoms with Crippen molar-refractivity contribution in [2.24, 2.45) is 0 Å². The number of nitrogens with zero attached hydrogens (tertiary/aromatic N) is 1. The normalized spacial score (nSPS) is 17.1. The van der Waals surface area contributed by atoms with Gasteiger partial charge < -0.3 is 9.64 Å². The topological polar surface area (TPSA) is 58.6 Å². The van der Waals surface area contributed by atoms with Crippen molar-refractivity contribution in [3.8, 4) is 5.75 Å². The lowest BCUT2D eigenvalue weighted by Gasteiger charge is -2.11. The third-order valence-electron chi connectivity index (χ3n) is 4.54. The molecule has 2 amide bonds. The van der Waals surface area contributed by atoms with Gasteiger partial charge >= 0.3 is 6.09 Å². The summed E-state index contributed by atoms with van der Waals surface area (Å²) in [5.74, 6) is 0.635. The fourth-order valence-corrected chi connectivity index (χ4v) is 3.18. The van der Waals surface area contributed by atoms with Gasteiger partial charge in [-0.15, -0.1) is 0 Å². The second-order valence-corrected chi connectivity index (χ2v) is 6.01. The number of carbonyl (C=O) groups excluding carboxylic acids is 2. The van der Waals surface area contributed by atoms with Crippen LogP contribution in [0.15, 0.2) is 48.5 Å². The molecule has 2 aromatic rings. The zero-order chi connectivity index (χ0) is 16.0. The number of likely N-dealkylation sites (N-methyl/N-ethyl adjacent to an activating group) is 1. The zero-order valence-electron chi connectivity index (χ0n) is 12.7. The maximum absolute atomic E-state index is 12.3. The minimum atomic E-state index is -0.543. The van der Waals surface area contributed by atoms with Gasteiger partial charge in [-0.3, -0.25) is 10.1 Å². The predicted octanol–water partition coefficient (Wildman–Crippen LogP) is 3.31. The van der Waals surface area contributed by atoms with Crippen LogP contribution in [-0.2, 0) is 10.2 Å². The van der Waals surface area contributed by atoms with Crippen molar-refractivity contribution in [1.82, 2.24) is 0 Å². The van der Waals surface area contributed by atoms with Crippen LogP contribution in [0.1, 0.15) is 18.4 Å². The summed E-state index contributed by atoms with van der Waals surface area (Å²) in [6.07, 6.45) is 1.21. The standard InChI is InChI=1S/C18H16N2O3/c1-20-15-8-7-12(11-14(15)18(9-10-18)16(20)21)19-17(22)23-13-5-3-2-4-6-13/h2-8,11H,9-10H2,1H3,(H,19,22). The number of benzene rings is 2. The van der Waals surface area contributed by atoms with Crippen LogP contribution >= 0.6 is 0 Å². The lowest BCUT2D eigenvalue weighted by molar-refractivity contribution is -0.119. The molecular formula is C18H16N2O3. The maximum Gasteiger partial charge on any atom is 0.417 e. The number of hydrogen-bond donors (Lipinski definition) is 1. The molecule has 0 bridgehead atoms. The van der Waals surface area contributed by atoms with E-state index in [4.69, 9.17) is 4.74 Å². The number of anilines is 2. The summed E-state index contributed by atoms with van der Waals surface area (Å²) in [6.45, 7) is 0. The van der Waals surface area contributed by atoms with E-state index in [0.29, 0.717) is 11.4 Å². The van der Waals surface area contributed by atoms with Crippen molar-refractivity contribution in [1.29, 1.82) is 0 Å². The molecule has 0 radical (unpaired) electrons. The van der Waals surface area contributed by atoms with E-state index in [9.17, 15) is 9.59 Å². The fourth-order valence-electron chi connectivity index (χ4n) is 3.18. The number of para-hydroxylation sites is 1. The van der Waals surface area contributed by atoms with Gasteiger partial charge in [0, 0.05) is 18.4 Å². The first-order chi connectivity index (χ1) is 11.1. The van der Waals surface area contributed by atoms with E-state index in [1.54, 1.807) is 42.3 Å². The van der Waals surface area contributed by atoms with E-state index in [2.05, 4.69) is 5.32 Å². The average molecular weight is 308 g/mol. The fraction of sp³-hybridized carbons (Fsp3) is 0.222. The van der Waals surface area contributed by atoms with E-state index < -0.39 is 6.09 Å². The molecule has 1 aliphatic carbocycles. The summed E-state index contributed by atoms with van der Waals surface area (Å²) in [5.41, 5.74) is 2.21. The largest absolute Gasteiger partial charge is 0.417 e. The van der Waals surface area contributed by atoms with E-state index >= 15 is 0 Å². The second-order valence-electron chi connectivity index (χ2n) is 6.01. The van der Waals surface area contributed by atoms with Gasteiger partial charge in [0.2, 0.25) is 5.91 Å². The Hall–Kier alpha value is -2.82. The van der Waals surface area contributed by atoms with Gasteiger partial charge in [-0.2, -0.15) is 0 Å². The number of nitrogens with one attached hydrogen (secondary N) is 1. The second kappa shape index (κ2) is 4.84. The Morgan fingerprint density at radius 3 is 2.61 bits per heavy atom. The molecule has 116 valence electrons. The van der Waals surface area contributed by atoms with E-state index in [1.165, 1.54) is 0 Å². The van der Waals surface area contributed by atoms with Crippen LogP contribution in [0.2, 0.25) is 0 Å². The van der Waals surface area contributed by atoms with Crippen LogP contribution in [0, 0.1) is 0 Å². The van der Waals surface area contributed by atoms with Crippen LogP contribution in [0.5, 0.6) is 5.75 Å². The Morgan fingerprint density at radius 2 is 1.91 bits per heavy atom. The summed E-state index contributed by atoms with van der Waals surface area (Å²) >= 11 is 0. The summed E-state index contributed by atoms with van der Waals surface area (Å²) in [5, 5.41) is 2.72. The first-order valence-electron chi connectivity index (χ1n) is 7.57. The monoisotopic (exact) mass is 308 g/mol. The van der Waals surface area contributed by atoms with Gasteiger partial charge in [0.05, 0.1) is 5.41 Å². The number of carbonyl (C=O) groups is 2. The van der Waals surface area contributed by atoms with Gasteiger partial charge in [0.25, 0.3) is 0 Å². The Morgan fingerprint density at radius 1 is 1.17 bits per heavy atom. The van der Waals surface area contributed by atoms with E-state index in [0.717, 1.165) is 24.1 Å². The van der Waals surface area contributed by atoms with Crippen molar-refractivity contribution < 1.29 is 14.3 Å². The Kier molecular flexibility index (Phi) is 2.91. The molecule has 1 spiro atoms. The first-order valence-corrected chi connectivity index (χ1v) is 7.57. The molecule has 5 heteroatoms. The molecule has 1 saturated carbocycles. The molecule has 1 fully saturated rings. The Balaban J connectivity index is 1.55. The number of hydrogen-bond acceptors (Lipinski definition) is 3. The van der Waals surface area contributed by atoms with Crippen LogP contribution in [0.3, 0.4) is 0 Å². The molecule has 1 aliphatic heterocycles. The highest BCUT2D eigenvalue weighted by atomic mass is 16.6. The lowest BCUT2D eigenvalue weighted by atomic mass is 9.97. The third kappa shape index (κ3) is 2.16. The highest BCUT2D eigenvalue weighted by Gasteiger charge is 2.58. The molecule has 5 nitrogen and oxygen atoms in total. The number of ether oxygens (including phenoxy) is 1. The van der Waals surface area contributed by atoms with Crippen molar-refractivity contribution in [3.63, 3.8) is 0 Å². The van der Waals surface area contributed by atoms with Crippen molar-refractivity contribution in [2.45, 2.75) is 18.3 Å². The third-order valence-corrected chi connectivity index (χ3v) is 4.54. The molecule has 0 saturated heterocycles. The smallest absolute Gasteiger partial charge is 0.410 e. The lowest BCUT2D eigenvalue weighted by Crippen LogP contribution is -2.27. The van der Waals surface area contributed by atoms with Crippen LogP contribution in [-0.4, -0.2) is 19.0 Å². The Bertz CT molecular complexity index is 797. The number of amides is 2. The average Bonchev–Trinajstić information content (AvgIpc) is 3.32. The molecular weight excluding hydrogens is 292 g/mol. The highest BCUT2D eigenvalue weighted by Crippen LogP contribution is 2.57. The molecule has 23 heavy (non-hydrogen) atoms. The van der Waals surface area contributed by atoms with Gasteiger partial charge in [0.1, 0.15) is 5.75 Å². The molecule has 2 aliphatic rings. The van der Waals surface area contributed by atoms with E-state index in [1.807, 2.05) is 18.2 Å². The quantitative estimate of drug-likeness (QED) is 0.926. The van der Waals surface area contributed by atoms with Crippen LogP contribution < -0.4 is 15.0 Å². The van der Waals surface area contributed by atoms with Gasteiger partial charge in [0.15, 0.2) is 0 Å². The molecule has 1 heterocycles. The van der Waals surface area contributed by atoms with Crippen LogP contribution in [0.25, 0.3) is 0 Å². The predicted molar refractivity (Wildman–Crippen MR) is 86.9 cm³/mol. The molecule has 0 aromatic heterocycles. The number of rotatable bonds is 2. The molecule has 2 aromatic carbocycles. The van der Waals surface area contributed by atoms with Crippen molar-refractivity contribution >= 4 is 23.4 Å². The SMILES string of the molecule is CN1C(=O)C2(CC2)c2cc(NC(=O)Oc3ccccc3)ccc21. The summed E-state index contributed by atoms with van der Waals surface area (Å²) < 4.78 is 5.22. The highest BCUT2D eigenvalue weighted by molar-refractivity contribution is 6.10. The van der Waals surface area contributed by atoms with Gasteiger partial charge in [-0.05, 0) is 48.7 Å². The minimum Gasteiger partial charge on any atom is -0.410 e. The summed E-state index contributed by atoms with van der Waals surface area (Å²) in [6, 6.07) is 14.4. The number of fused-ring (bicyclic) bond motifs is 2. The van der Waals surface area contributed by atoms with Gasteiger partial charge in [-0.25, -0.2) is 4.79 Å². The van der Waals surface area contributed by atoms with Crippen LogP contribution in [0.4, 0.5) is 16.2 Å². The first kappa shape index (κ1) is 13.8. The summed E-state index contributed by atoms with van der Waals surface area (Å²) in [7, 11) is 1.80. The van der Waals surface area contributed by atoms with E-state index in [-0.39, 0.29) is 11.3 Å².